The van der Waals surface area contributed by atoms with Gasteiger partial charge in [-0.3, -0.25) is 0 Å². The van der Waals surface area contributed by atoms with Crippen molar-refractivity contribution in [1.29, 1.82) is 0 Å². The van der Waals surface area contributed by atoms with Crippen molar-refractivity contribution in [2.75, 3.05) is 5.88 Å². The van der Waals surface area contributed by atoms with E-state index in [9.17, 15) is 5.11 Å². The third kappa shape index (κ3) is 3.17. The molecule has 2 aromatic rings. The van der Waals surface area contributed by atoms with Crippen LogP contribution in [-0.2, 0) is 12.0 Å². The van der Waals surface area contributed by atoms with E-state index in [-0.39, 0.29) is 5.88 Å². The van der Waals surface area contributed by atoms with Crippen molar-refractivity contribution in [3.05, 3.63) is 69.7 Å². The number of aryl methyl sites for hydroxylation is 1. The number of alkyl halides is 1. The predicted molar refractivity (Wildman–Crippen MR) is 85.7 cm³/mol. The van der Waals surface area contributed by atoms with Gasteiger partial charge in [0.1, 0.15) is 5.60 Å². The van der Waals surface area contributed by atoms with Gasteiger partial charge in [0.2, 0.25) is 0 Å². The Morgan fingerprint density at radius 3 is 2.30 bits per heavy atom. The van der Waals surface area contributed by atoms with Crippen LogP contribution < -0.4 is 0 Å². The highest BCUT2D eigenvalue weighted by Crippen LogP contribution is 2.30. The van der Waals surface area contributed by atoms with Crippen LogP contribution in [0.5, 0.6) is 0 Å². The second kappa shape index (κ2) is 6.17. The minimum absolute atomic E-state index is 0.141. The summed E-state index contributed by atoms with van der Waals surface area (Å²) < 4.78 is 0. The highest BCUT2D eigenvalue weighted by molar-refractivity contribution is 6.30. The molecule has 0 heterocycles. The molecule has 1 N–H and O–H groups in total. The first kappa shape index (κ1) is 15.4. The van der Waals surface area contributed by atoms with Crippen LogP contribution in [0.15, 0.2) is 42.5 Å². The lowest BCUT2D eigenvalue weighted by molar-refractivity contribution is 0.0612. The van der Waals surface area contributed by atoms with E-state index < -0.39 is 5.60 Å². The molecular formula is C17H18Cl2O. The van der Waals surface area contributed by atoms with Crippen molar-refractivity contribution in [2.24, 2.45) is 0 Å². The van der Waals surface area contributed by atoms with Crippen LogP contribution >= 0.6 is 23.2 Å². The maximum atomic E-state index is 10.9. The quantitative estimate of drug-likeness (QED) is 0.817. The molecule has 0 saturated carbocycles. The summed E-state index contributed by atoms with van der Waals surface area (Å²) in [7, 11) is 0. The Labute approximate surface area is 130 Å². The molecule has 0 fully saturated rings. The first-order valence-corrected chi connectivity index (χ1v) is 7.47. The maximum Gasteiger partial charge on any atom is 0.107 e. The van der Waals surface area contributed by atoms with Crippen LogP contribution in [-0.4, -0.2) is 11.0 Å². The van der Waals surface area contributed by atoms with Crippen LogP contribution in [0.1, 0.15) is 22.3 Å². The molecule has 0 aromatic heterocycles. The normalized spacial score (nSPS) is 14.1. The van der Waals surface area contributed by atoms with Gasteiger partial charge in [0.25, 0.3) is 0 Å². The third-order valence-corrected chi connectivity index (χ3v) is 4.50. The molecule has 1 atom stereocenters. The fourth-order valence-corrected chi connectivity index (χ4v) is 2.68. The van der Waals surface area contributed by atoms with E-state index >= 15 is 0 Å². The summed E-state index contributed by atoms with van der Waals surface area (Å²) in [4.78, 5) is 0. The highest BCUT2D eigenvalue weighted by Gasteiger charge is 2.29. The molecular weight excluding hydrogens is 291 g/mol. The molecule has 0 aliphatic carbocycles. The summed E-state index contributed by atoms with van der Waals surface area (Å²) in [6.45, 7) is 4.14. The minimum atomic E-state index is -1.08. The maximum absolute atomic E-state index is 10.9. The second-order valence-electron chi connectivity index (χ2n) is 5.21. The number of hydrogen-bond donors (Lipinski definition) is 1. The first-order chi connectivity index (χ1) is 9.46. The molecule has 3 heteroatoms. The zero-order chi connectivity index (χ0) is 14.8. The highest BCUT2D eigenvalue weighted by atomic mass is 35.5. The fourth-order valence-electron chi connectivity index (χ4n) is 2.31. The SMILES string of the molecule is Cc1cccc(CC(O)(CCl)c2ccc(Cl)cc2)c1C. The van der Waals surface area contributed by atoms with Crippen LogP contribution in [0, 0.1) is 13.8 Å². The Kier molecular flexibility index (Phi) is 4.74. The average Bonchev–Trinajstić information content (AvgIpc) is 2.44. The predicted octanol–water partition coefficient (Wildman–Crippen LogP) is 4.63. The van der Waals surface area contributed by atoms with Gasteiger partial charge in [0, 0.05) is 11.4 Å². The summed E-state index contributed by atoms with van der Waals surface area (Å²) in [6.07, 6.45) is 0.492. The zero-order valence-electron chi connectivity index (χ0n) is 11.7. The smallest absolute Gasteiger partial charge is 0.107 e. The molecule has 0 saturated heterocycles. The Bertz CT molecular complexity index is 592. The van der Waals surface area contributed by atoms with E-state index in [0.29, 0.717) is 11.4 Å². The molecule has 0 amide bonds. The summed E-state index contributed by atoms with van der Waals surface area (Å²) >= 11 is 11.9. The van der Waals surface area contributed by atoms with Crippen molar-refractivity contribution >= 4 is 23.2 Å². The molecule has 1 unspecified atom stereocenters. The van der Waals surface area contributed by atoms with E-state index in [1.165, 1.54) is 11.1 Å². The van der Waals surface area contributed by atoms with Crippen LogP contribution in [0.25, 0.3) is 0 Å². The lowest BCUT2D eigenvalue weighted by Crippen LogP contribution is -2.31. The number of hydrogen-bond acceptors (Lipinski definition) is 1. The number of rotatable bonds is 4. The van der Waals surface area contributed by atoms with Crippen molar-refractivity contribution < 1.29 is 5.11 Å². The minimum Gasteiger partial charge on any atom is -0.384 e. The molecule has 0 radical (unpaired) electrons. The number of benzene rings is 2. The van der Waals surface area contributed by atoms with Gasteiger partial charge in [-0.25, -0.2) is 0 Å². The standard InChI is InChI=1S/C17H18Cl2O/c1-12-4-3-5-14(13(12)2)10-17(20,11-18)15-6-8-16(19)9-7-15/h3-9,20H,10-11H2,1-2H3. The first-order valence-electron chi connectivity index (χ1n) is 6.56. The van der Waals surface area contributed by atoms with Gasteiger partial charge in [-0.2, -0.15) is 0 Å². The zero-order valence-corrected chi connectivity index (χ0v) is 13.2. The Morgan fingerprint density at radius 1 is 1.05 bits per heavy atom. The summed E-state index contributed by atoms with van der Waals surface area (Å²) in [5.74, 6) is 0.141. The number of aliphatic hydroxyl groups is 1. The molecule has 0 aliphatic rings. The van der Waals surface area contributed by atoms with E-state index in [4.69, 9.17) is 23.2 Å². The van der Waals surface area contributed by atoms with Gasteiger partial charge in [-0.05, 0) is 48.2 Å². The van der Waals surface area contributed by atoms with Gasteiger partial charge in [0.15, 0.2) is 0 Å². The van der Waals surface area contributed by atoms with E-state index in [1.807, 2.05) is 24.3 Å². The van der Waals surface area contributed by atoms with Crippen LogP contribution in [0.3, 0.4) is 0 Å². The second-order valence-corrected chi connectivity index (χ2v) is 5.91. The van der Waals surface area contributed by atoms with E-state index in [1.54, 1.807) is 12.1 Å². The molecule has 0 aliphatic heterocycles. The van der Waals surface area contributed by atoms with Crippen molar-refractivity contribution in [2.45, 2.75) is 25.9 Å². The summed E-state index contributed by atoms with van der Waals surface area (Å²) in [6, 6.07) is 13.3. The van der Waals surface area contributed by atoms with E-state index in [0.717, 1.165) is 11.1 Å². The average molecular weight is 309 g/mol. The van der Waals surface area contributed by atoms with Crippen LogP contribution in [0.4, 0.5) is 0 Å². The molecule has 2 aromatic carbocycles. The Hall–Kier alpha value is -1.02. The summed E-state index contributed by atoms with van der Waals surface area (Å²) in [5, 5.41) is 11.5. The van der Waals surface area contributed by atoms with E-state index in [2.05, 4.69) is 19.9 Å². The third-order valence-electron chi connectivity index (χ3n) is 3.80. The monoisotopic (exact) mass is 308 g/mol. The summed E-state index contributed by atoms with van der Waals surface area (Å²) in [5.41, 5.74) is 3.24. The molecule has 106 valence electrons. The molecule has 1 nitrogen and oxygen atoms in total. The van der Waals surface area contributed by atoms with Crippen LogP contribution in [0.2, 0.25) is 5.02 Å². The van der Waals surface area contributed by atoms with Gasteiger partial charge >= 0.3 is 0 Å². The molecule has 2 rings (SSSR count). The largest absolute Gasteiger partial charge is 0.384 e. The van der Waals surface area contributed by atoms with Crippen molar-refractivity contribution in [1.82, 2.24) is 0 Å². The fraction of sp³-hybridized carbons (Fsp3) is 0.294. The lowest BCUT2D eigenvalue weighted by atomic mass is 9.86. The molecule has 0 bridgehead atoms. The Morgan fingerprint density at radius 2 is 1.70 bits per heavy atom. The van der Waals surface area contributed by atoms with Gasteiger partial charge < -0.3 is 5.11 Å². The van der Waals surface area contributed by atoms with Crippen molar-refractivity contribution in [3.63, 3.8) is 0 Å². The van der Waals surface area contributed by atoms with Gasteiger partial charge in [-0.15, -0.1) is 11.6 Å². The Balaban J connectivity index is 2.36. The topological polar surface area (TPSA) is 20.2 Å². The lowest BCUT2D eigenvalue weighted by Gasteiger charge is -2.27. The van der Waals surface area contributed by atoms with Gasteiger partial charge in [-0.1, -0.05) is 41.9 Å². The van der Waals surface area contributed by atoms with Crippen molar-refractivity contribution in [3.8, 4) is 0 Å². The molecule has 0 spiro atoms. The molecule has 20 heavy (non-hydrogen) atoms. The van der Waals surface area contributed by atoms with Gasteiger partial charge in [0.05, 0.1) is 5.88 Å². The number of halogens is 2.